The topological polar surface area (TPSA) is 287 Å². The Morgan fingerprint density at radius 1 is 0.848 bits per heavy atom. The molecule has 0 unspecified atom stereocenters. The van der Waals surface area contributed by atoms with E-state index in [1.807, 2.05) is 0 Å². The van der Waals surface area contributed by atoms with Crippen LogP contribution < -0.4 is 10.7 Å². The Morgan fingerprint density at radius 2 is 1.46 bits per heavy atom. The molecule has 3 aliphatic rings. The molecule has 16 nitrogen and oxygen atoms in total. The molecule has 5 rings (SSSR count). The lowest BCUT2D eigenvalue weighted by Gasteiger charge is -2.33. The molecule has 2 heterocycles. The zero-order chi connectivity index (χ0) is 34.3. The van der Waals surface area contributed by atoms with Gasteiger partial charge in [-0.25, -0.2) is 9.59 Å². The number of carbonyl (C=O) groups is 2. The van der Waals surface area contributed by atoms with Crippen molar-refractivity contribution in [2.75, 3.05) is 11.1 Å². The van der Waals surface area contributed by atoms with Crippen molar-refractivity contribution < 1.29 is 63.1 Å². The molecule has 2 aromatic rings. The fraction of sp³-hybridized carbons (Fsp3) is 0.148. The molecule has 0 amide bonds. The number of hydrogen-bond acceptors (Lipinski definition) is 11. The van der Waals surface area contributed by atoms with E-state index >= 15 is 0 Å². The van der Waals surface area contributed by atoms with Gasteiger partial charge in [0, 0.05) is 22.1 Å². The number of hydrogen-bond donors (Lipinski definition) is 7. The maximum atomic E-state index is 13.1. The van der Waals surface area contributed by atoms with E-state index in [4.69, 9.17) is 9.83 Å². The molecule has 19 heteroatoms. The van der Waals surface area contributed by atoms with Gasteiger partial charge >= 0.3 is 11.9 Å². The van der Waals surface area contributed by atoms with Gasteiger partial charge in [0.25, 0.3) is 30.4 Å². The van der Waals surface area contributed by atoms with Crippen LogP contribution in [0.5, 0.6) is 0 Å². The summed E-state index contributed by atoms with van der Waals surface area (Å²) in [5.74, 6) is -5.04. The van der Waals surface area contributed by atoms with Gasteiger partial charge in [-0.2, -0.15) is 25.3 Å². The summed E-state index contributed by atoms with van der Waals surface area (Å²) in [4.78, 5) is 21.9. The highest BCUT2D eigenvalue weighted by Crippen LogP contribution is 2.49. The molecular weight excluding hydrogens is 672 g/mol. The van der Waals surface area contributed by atoms with Crippen LogP contribution in [0.15, 0.2) is 56.7 Å². The van der Waals surface area contributed by atoms with Crippen LogP contribution in [0.1, 0.15) is 40.1 Å². The molecule has 0 fully saturated rings. The average molecular weight is 695 g/mol. The fourth-order valence-electron chi connectivity index (χ4n) is 5.46. The fourth-order valence-corrected chi connectivity index (χ4v) is 7.63. The summed E-state index contributed by atoms with van der Waals surface area (Å²) >= 11 is 0. The van der Waals surface area contributed by atoms with Crippen molar-refractivity contribution in [3.8, 4) is 22.5 Å². The first-order chi connectivity index (χ1) is 21.0. The quantitative estimate of drug-likeness (QED) is 0.108. The summed E-state index contributed by atoms with van der Waals surface area (Å²) < 4.78 is 111. The summed E-state index contributed by atoms with van der Waals surface area (Å²) in [7, 11) is -15.5. The van der Waals surface area contributed by atoms with Gasteiger partial charge in [0.05, 0.1) is 27.7 Å². The molecule has 0 bridgehead atoms. The first kappa shape index (κ1) is 32.7. The van der Waals surface area contributed by atoms with Crippen LogP contribution in [0.2, 0.25) is 0 Å². The number of carboxylic acid groups (broad SMARTS) is 2. The molecule has 46 heavy (non-hydrogen) atoms. The molecule has 0 atom stereocenters. The van der Waals surface area contributed by atoms with Crippen molar-refractivity contribution >= 4 is 64.5 Å². The second-order valence-electron chi connectivity index (χ2n) is 10.9. The van der Waals surface area contributed by atoms with E-state index in [0.29, 0.717) is 0 Å². The van der Waals surface area contributed by atoms with Crippen molar-refractivity contribution in [3.05, 3.63) is 64.5 Å². The van der Waals surface area contributed by atoms with Gasteiger partial charge in [-0.15, -0.1) is 0 Å². The van der Waals surface area contributed by atoms with Gasteiger partial charge in [-0.05, 0) is 55.3 Å². The first-order valence-corrected chi connectivity index (χ1v) is 17.2. The van der Waals surface area contributed by atoms with Crippen molar-refractivity contribution in [1.29, 1.82) is 5.41 Å². The van der Waals surface area contributed by atoms with Crippen molar-refractivity contribution in [1.82, 2.24) is 0 Å². The van der Waals surface area contributed by atoms with Crippen LogP contribution in [-0.4, -0.2) is 72.4 Å². The molecule has 242 valence electrons. The van der Waals surface area contributed by atoms with Crippen molar-refractivity contribution in [3.63, 3.8) is 0 Å². The Morgan fingerprint density at radius 3 is 2.00 bits per heavy atom. The Hall–Kier alpha value is -4.66. The molecule has 0 spiro atoms. The maximum absolute atomic E-state index is 13.1. The van der Waals surface area contributed by atoms with E-state index in [9.17, 15) is 58.7 Å². The van der Waals surface area contributed by atoms with Crippen molar-refractivity contribution in [2.24, 2.45) is 0 Å². The highest BCUT2D eigenvalue weighted by molar-refractivity contribution is 7.86. The van der Waals surface area contributed by atoms with Crippen molar-refractivity contribution in [2.45, 2.75) is 29.2 Å². The lowest BCUT2D eigenvalue weighted by Crippen LogP contribution is -2.34. The van der Waals surface area contributed by atoms with Gasteiger partial charge in [0.1, 0.15) is 5.75 Å². The number of rotatable bonds is 7. The molecule has 2 aromatic carbocycles. The number of aromatic carboxylic acids is 2. The smallest absolute Gasteiger partial charge is 0.336 e. The highest BCUT2D eigenvalue weighted by atomic mass is 32.2. The summed E-state index contributed by atoms with van der Waals surface area (Å²) in [5, 5.41) is 29.3. The van der Waals surface area contributed by atoms with E-state index in [1.54, 1.807) is 0 Å². The maximum Gasteiger partial charge on any atom is 0.336 e. The second-order valence-corrected chi connectivity index (χ2v) is 15.0. The molecule has 0 saturated heterocycles. The zero-order valence-corrected chi connectivity index (χ0v) is 25.8. The molecular formula is C27H22N2O14S3. The third-order valence-corrected chi connectivity index (χ3v) is 9.54. The molecule has 0 saturated carbocycles. The Balaban J connectivity index is 2.15. The van der Waals surface area contributed by atoms with E-state index < -0.39 is 96.9 Å². The van der Waals surface area contributed by atoms with Crippen LogP contribution in [0.4, 0.5) is 5.69 Å². The largest absolute Gasteiger partial charge is 0.478 e. The van der Waals surface area contributed by atoms with E-state index in [0.717, 1.165) is 36.4 Å². The summed E-state index contributed by atoms with van der Waals surface area (Å²) in [5.41, 5.74) is -4.94. The standard InChI is InChI=1S/C27H22N2O14S3/c1-27(2)9-12(10-44(34,35)36)15-8-17-19(13-4-3-11(25(30)31)7-16(13)26(32)33)14-5-6-18(28)23(45(37,38)39)21(14)43-22(17)24(20(15)29-27)46(40,41)42/h3-9,28-29H,10H2,1-2H3,(H,30,31)(H,32,33)(H,34,35,36)(H,37,38,39)(H,40,41,42). The SMILES string of the molecule is CC1(C)C=C(CS(=O)(=O)O)c2cc3c(-c4ccc(C(=O)O)cc4C(=O)O)c4ccc(=N)c(S(=O)(=O)O)c-4oc3c(S(=O)(=O)O)c2N1. The molecule has 0 aromatic heterocycles. The van der Waals surface area contributed by atoms with Gasteiger partial charge in [0.15, 0.2) is 21.1 Å². The highest BCUT2D eigenvalue weighted by Gasteiger charge is 2.37. The van der Waals surface area contributed by atoms with Gasteiger partial charge in [-0.1, -0.05) is 12.1 Å². The lowest BCUT2D eigenvalue weighted by atomic mass is 9.86. The van der Waals surface area contributed by atoms with Crippen LogP contribution in [0, 0.1) is 5.41 Å². The third kappa shape index (κ3) is 5.74. The van der Waals surface area contributed by atoms with Gasteiger partial charge in [0.2, 0.25) is 0 Å². The minimum atomic E-state index is -5.41. The zero-order valence-electron chi connectivity index (χ0n) is 23.4. The van der Waals surface area contributed by atoms with E-state index in [-0.39, 0.29) is 33.2 Å². The number of fused-ring (bicyclic) bond motifs is 3. The van der Waals surface area contributed by atoms with E-state index in [1.165, 1.54) is 19.9 Å². The van der Waals surface area contributed by atoms with Crippen LogP contribution >= 0.6 is 0 Å². The predicted octanol–water partition coefficient (Wildman–Crippen LogP) is 3.05. The predicted molar refractivity (Wildman–Crippen MR) is 160 cm³/mol. The number of benzene rings is 3. The van der Waals surface area contributed by atoms with Gasteiger partial charge < -0.3 is 19.9 Å². The normalized spacial score (nSPS) is 14.8. The van der Waals surface area contributed by atoms with Crippen LogP contribution in [-0.2, 0) is 30.4 Å². The molecule has 7 N–H and O–H groups in total. The molecule has 0 radical (unpaired) electrons. The summed E-state index contributed by atoms with van der Waals surface area (Å²) in [6.07, 6.45) is 1.35. The first-order valence-electron chi connectivity index (χ1n) is 12.7. The Bertz CT molecular complexity index is 2440. The summed E-state index contributed by atoms with van der Waals surface area (Å²) in [6, 6.07) is 5.98. The van der Waals surface area contributed by atoms with Gasteiger partial charge in [-0.3, -0.25) is 19.1 Å². The van der Waals surface area contributed by atoms with E-state index in [2.05, 4.69) is 5.32 Å². The Labute approximate surface area is 259 Å². The molecule has 1 aliphatic carbocycles. The number of carboxylic acids is 2. The number of anilines is 1. The Kier molecular flexibility index (Phi) is 7.43. The monoisotopic (exact) mass is 694 g/mol. The van der Waals surface area contributed by atoms with Crippen LogP contribution in [0.3, 0.4) is 0 Å². The lowest BCUT2D eigenvalue weighted by molar-refractivity contribution is 0.0696. The average Bonchev–Trinajstić information content (AvgIpc) is 2.87. The summed E-state index contributed by atoms with van der Waals surface area (Å²) in [6.45, 7) is 2.99. The van der Waals surface area contributed by atoms with Crippen LogP contribution in [0.25, 0.3) is 39.0 Å². The third-order valence-electron chi connectivity index (χ3n) is 7.04. The molecule has 2 aliphatic heterocycles. The second kappa shape index (κ2) is 10.4. The number of nitrogens with one attached hydrogen (secondary N) is 2. The minimum Gasteiger partial charge on any atom is -0.478 e. The minimum absolute atomic E-state index is 0.154.